The third kappa shape index (κ3) is 11.8. The first kappa shape index (κ1) is 30.3. The van der Waals surface area contributed by atoms with Crippen LogP contribution in [0.15, 0.2) is 48.5 Å². The zero-order valence-corrected chi connectivity index (χ0v) is 23.4. The summed E-state index contributed by atoms with van der Waals surface area (Å²) in [6, 6.07) is 15.3. The van der Waals surface area contributed by atoms with Crippen LogP contribution in [0.4, 0.5) is 0 Å². The Hall–Kier alpha value is -1.96. The summed E-state index contributed by atoms with van der Waals surface area (Å²) in [6.45, 7) is 4.58. The maximum atomic E-state index is 9.74. The second-order valence-corrected chi connectivity index (χ2v) is 11.2. The van der Waals surface area contributed by atoms with Gasteiger partial charge in [0.15, 0.2) is 0 Å². The largest absolute Gasteiger partial charge is 0.508 e. The lowest BCUT2D eigenvalue weighted by Crippen LogP contribution is -2.23. The quantitative estimate of drug-likeness (QED) is 0.169. The van der Waals surface area contributed by atoms with E-state index in [4.69, 9.17) is 0 Å². The van der Waals surface area contributed by atoms with Crippen molar-refractivity contribution in [2.24, 2.45) is 0 Å². The van der Waals surface area contributed by atoms with E-state index in [1.165, 1.54) is 127 Å². The predicted octanol–water partition coefficient (Wildman–Crippen LogP) is 10.8. The van der Waals surface area contributed by atoms with Crippen LogP contribution in [0.3, 0.4) is 0 Å². The SMILES string of the molecule is CCCCCCCCCCCCCCCCCCCCC(C)(c1ccc(O)cc1)c1ccc(O)cc1. The Morgan fingerprint density at radius 1 is 0.444 bits per heavy atom. The van der Waals surface area contributed by atoms with Gasteiger partial charge in [-0.25, -0.2) is 0 Å². The number of hydrogen-bond donors (Lipinski definition) is 2. The number of benzene rings is 2. The highest BCUT2D eigenvalue weighted by Crippen LogP contribution is 2.38. The standard InChI is InChI=1S/C34H54O2/c1-3-4-5-6-7-8-9-10-11-12-13-14-15-16-17-18-19-20-29-34(2,30-21-25-32(35)26-22-30)31-23-27-33(36)28-24-31/h21-28,35-36H,3-20,29H2,1-2H3. The van der Waals surface area contributed by atoms with Gasteiger partial charge in [0.25, 0.3) is 0 Å². The average Bonchev–Trinajstić information content (AvgIpc) is 2.88. The Bertz CT molecular complexity index is 732. The Morgan fingerprint density at radius 2 is 0.722 bits per heavy atom. The zero-order valence-electron chi connectivity index (χ0n) is 23.4. The van der Waals surface area contributed by atoms with E-state index < -0.39 is 0 Å². The van der Waals surface area contributed by atoms with Gasteiger partial charge in [0.1, 0.15) is 11.5 Å². The molecule has 0 aliphatic rings. The van der Waals surface area contributed by atoms with Crippen LogP contribution in [0, 0.1) is 0 Å². The van der Waals surface area contributed by atoms with Crippen LogP contribution in [0.2, 0.25) is 0 Å². The lowest BCUT2D eigenvalue weighted by Gasteiger charge is -2.31. The molecule has 0 radical (unpaired) electrons. The van der Waals surface area contributed by atoms with Gasteiger partial charge in [0.2, 0.25) is 0 Å². The van der Waals surface area contributed by atoms with E-state index >= 15 is 0 Å². The summed E-state index contributed by atoms with van der Waals surface area (Å²) in [5.74, 6) is 0.611. The molecular weight excluding hydrogens is 440 g/mol. The van der Waals surface area contributed by atoms with Crippen LogP contribution in [-0.2, 0) is 5.41 Å². The van der Waals surface area contributed by atoms with Crippen LogP contribution in [0.25, 0.3) is 0 Å². The highest BCUT2D eigenvalue weighted by molar-refractivity contribution is 5.42. The van der Waals surface area contributed by atoms with Crippen molar-refractivity contribution in [1.29, 1.82) is 0 Å². The molecule has 2 nitrogen and oxygen atoms in total. The van der Waals surface area contributed by atoms with Crippen LogP contribution in [0.1, 0.15) is 147 Å². The Balaban J connectivity index is 1.53. The van der Waals surface area contributed by atoms with E-state index in [1.54, 1.807) is 24.3 Å². The molecule has 2 N–H and O–H groups in total. The monoisotopic (exact) mass is 494 g/mol. The van der Waals surface area contributed by atoms with Gasteiger partial charge in [-0.15, -0.1) is 0 Å². The van der Waals surface area contributed by atoms with Gasteiger partial charge < -0.3 is 10.2 Å². The van der Waals surface area contributed by atoms with Crippen molar-refractivity contribution < 1.29 is 10.2 Å². The van der Waals surface area contributed by atoms with Crippen molar-refractivity contribution in [2.45, 2.75) is 141 Å². The number of aromatic hydroxyl groups is 2. The molecule has 2 heteroatoms. The summed E-state index contributed by atoms with van der Waals surface area (Å²) >= 11 is 0. The lowest BCUT2D eigenvalue weighted by molar-refractivity contribution is 0.459. The van der Waals surface area contributed by atoms with E-state index in [1.807, 2.05) is 24.3 Å². The third-order valence-electron chi connectivity index (χ3n) is 8.04. The number of phenolic OH excluding ortho intramolecular Hbond substituents is 2. The van der Waals surface area contributed by atoms with Crippen LogP contribution in [0.5, 0.6) is 11.5 Å². The van der Waals surface area contributed by atoms with Crippen molar-refractivity contribution in [3.63, 3.8) is 0 Å². The Kier molecular flexibility index (Phi) is 15.4. The van der Waals surface area contributed by atoms with Crippen LogP contribution >= 0.6 is 0 Å². The van der Waals surface area contributed by atoms with Gasteiger partial charge in [0.05, 0.1) is 0 Å². The molecule has 0 unspecified atom stereocenters. The van der Waals surface area contributed by atoms with E-state index in [9.17, 15) is 10.2 Å². The molecule has 202 valence electrons. The van der Waals surface area contributed by atoms with Crippen molar-refractivity contribution in [1.82, 2.24) is 0 Å². The van der Waals surface area contributed by atoms with Crippen molar-refractivity contribution in [3.8, 4) is 11.5 Å². The number of unbranched alkanes of at least 4 members (excludes halogenated alkanes) is 17. The van der Waals surface area contributed by atoms with Crippen LogP contribution in [-0.4, -0.2) is 10.2 Å². The summed E-state index contributed by atoms with van der Waals surface area (Å²) in [6.07, 6.45) is 26.1. The Labute approximate surface area is 222 Å². The average molecular weight is 495 g/mol. The highest BCUT2D eigenvalue weighted by Gasteiger charge is 2.28. The summed E-state index contributed by atoms with van der Waals surface area (Å²) in [5.41, 5.74) is 2.33. The molecule has 0 aliphatic carbocycles. The maximum absolute atomic E-state index is 9.74. The summed E-state index contributed by atoms with van der Waals surface area (Å²) in [5, 5.41) is 19.5. The third-order valence-corrected chi connectivity index (χ3v) is 8.04. The number of hydrogen-bond acceptors (Lipinski definition) is 2. The van der Waals surface area contributed by atoms with Gasteiger partial charge in [0, 0.05) is 5.41 Å². The molecule has 0 aromatic heterocycles. The first-order chi connectivity index (χ1) is 17.6. The second kappa shape index (κ2) is 18.3. The minimum Gasteiger partial charge on any atom is -0.508 e. The molecule has 0 fully saturated rings. The zero-order chi connectivity index (χ0) is 25.9. The van der Waals surface area contributed by atoms with E-state index in [2.05, 4.69) is 13.8 Å². The minimum atomic E-state index is -0.115. The van der Waals surface area contributed by atoms with Gasteiger partial charge in [-0.2, -0.15) is 0 Å². The molecular formula is C34H54O2. The highest BCUT2D eigenvalue weighted by atomic mass is 16.3. The molecule has 2 rings (SSSR count). The minimum absolute atomic E-state index is 0.115. The fraction of sp³-hybridized carbons (Fsp3) is 0.647. The maximum Gasteiger partial charge on any atom is 0.115 e. The van der Waals surface area contributed by atoms with Gasteiger partial charge in [-0.3, -0.25) is 0 Å². The molecule has 0 saturated heterocycles. The lowest BCUT2D eigenvalue weighted by atomic mass is 9.72. The first-order valence-corrected chi connectivity index (χ1v) is 15.2. The fourth-order valence-electron chi connectivity index (χ4n) is 5.49. The molecule has 0 heterocycles. The Morgan fingerprint density at radius 3 is 1.03 bits per heavy atom. The van der Waals surface area contributed by atoms with Crippen molar-refractivity contribution in [2.75, 3.05) is 0 Å². The fourth-order valence-corrected chi connectivity index (χ4v) is 5.49. The molecule has 36 heavy (non-hydrogen) atoms. The summed E-state index contributed by atoms with van der Waals surface area (Å²) < 4.78 is 0. The van der Waals surface area contributed by atoms with Gasteiger partial charge in [-0.1, -0.05) is 154 Å². The van der Waals surface area contributed by atoms with E-state index in [0.717, 1.165) is 6.42 Å². The van der Waals surface area contributed by atoms with Crippen LogP contribution < -0.4 is 0 Å². The number of rotatable bonds is 21. The van der Waals surface area contributed by atoms with Crippen molar-refractivity contribution in [3.05, 3.63) is 59.7 Å². The van der Waals surface area contributed by atoms with E-state index in [0.29, 0.717) is 11.5 Å². The summed E-state index contributed by atoms with van der Waals surface area (Å²) in [7, 11) is 0. The molecule has 0 aliphatic heterocycles. The molecule has 0 amide bonds. The summed E-state index contributed by atoms with van der Waals surface area (Å²) in [4.78, 5) is 0. The number of phenols is 2. The van der Waals surface area contributed by atoms with Crippen molar-refractivity contribution >= 4 is 0 Å². The predicted molar refractivity (Wildman–Crippen MR) is 156 cm³/mol. The molecule has 0 spiro atoms. The second-order valence-electron chi connectivity index (χ2n) is 11.2. The smallest absolute Gasteiger partial charge is 0.115 e. The molecule has 2 aromatic rings. The molecule has 2 aromatic carbocycles. The first-order valence-electron chi connectivity index (χ1n) is 15.2. The molecule has 0 saturated carbocycles. The molecule has 0 atom stereocenters. The normalized spacial score (nSPS) is 11.7. The van der Waals surface area contributed by atoms with Gasteiger partial charge in [-0.05, 0) is 41.8 Å². The topological polar surface area (TPSA) is 40.5 Å². The molecule has 0 bridgehead atoms. The van der Waals surface area contributed by atoms with E-state index in [-0.39, 0.29) is 5.41 Å². The van der Waals surface area contributed by atoms with Gasteiger partial charge >= 0.3 is 0 Å².